The van der Waals surface area contributed by atoms with Crippen molar-refractivity contribution in [2.75, 3.05) is 6.61 Å². The fourth-order valence-electron chi connectivity index (χ4n) is 3.52. The molecule has 1 aliphatic heterocycles. The number of hydrogen-bond donors (Lipinski definition) is 8. The van der Waals surface area contributed by atoms with E-state index < -0.39 is 60.0 Å². The highest BCUT2D eigenvalue weighted by Crippen LogP contribution is 2.39. The molecular formula is C21H20O12. The number of fused-ring (bicyclic) bond motifs is 1. The predicted octanol–water partition coefficient (Wildman–Crippen LogP) is -0.539. The Labute approximate surface area is 184 Å². The molecule has 0 saturated carbocycles. The molecule has 33 heavy (non-hydrogen) atoms. The largest absolute Gasteiger partial charge is 0.508 e. The third-order valence-corrected chi connectivity index (χ3v) is 5.25. The molecule has 0 amide bonds. The number of aliphatic hydroxyl groups excluding tert-OH is 4. The Morgan fingerprint density at radius 2 is 1.64 bits per heavy atom. The Bertz CT molecular complexity index is 1250. The summed E-state index contributed by atoms with van der Waals surface area (Å²) in [5.41, 5.74) is -1.16. The van der Waals surface area contributed by atoms with Crippen molar-refractivity contribution in [2.45, 2.75) is 30.7 Å². The highest BCUT2D eigenvalue weighted by molar-refractivity contribution is 5.88. The van der Waals surface area contributed by atoms with Crippen molar-refractivity contribution < 1.29 is 54.7 Å². The van der Waals surface area contributed by atoms with E-state index in [2.05, 4.69) is 0 Å². The first-order valence-corrected chi connectivity index (χ1v) is 9.64. The van der Waals surface area contributed by atoms with E-state index >= 15 is 0 Å². The molecule has 8 N–H and O–H groups in total. The highest BCUT2D eigenvalue weighted by atomic mass is 16.7. The number of aliphatic hydroxyl groups is 4. The maximum atomic E-state index is 12.5. The fourth-order valence-corrected chi connectivity index (χ4v) is 3.52. The van der Waals surface area contributed by atoms with Gasteiger partial charge in [-0.15, -0.1) is 0 Å². The van der Waals surface area contributed by atoms with Crippen molar-refractivity contribution in [3.8, 4) is 40.1 Å². The second-order valence-electron chi connectivity index (χ2n) is 7.44. The summed E-state index contributed by atoms with van der Waals surface area (Å²) in [7, 11) is 0. The van der Waals surface area contributed by atoms with Crippen LogP contribution in [-0.4, -0.2) is 78.2 Å². The first-order valence-electron chi connectivity index (χ1n) is 9.64. The van der Waals surface area contributed by atoms with Crippen LogP contribution in [0.1, 0.15) is 0 Å². The Balaban J connectivity index is 1.68. The predicted molar refractivity (Wildman–Crippen MR) is 109 cm³/mol. The molecule has 1 saturated heterocycles. The van der Waals surface area contributed by atoms with Crippen molar-refractivity contribution in [1.29, 1.82) is 0 Å². The summed E-state index contributed by atoms with van der Waals surface area (Å²) in [6.07, 6.45) is -7.73. The second-order valence-corrected chi connectivity index (χ2v) is 7.44. The lowest BCUT2D eigenvalue weighted by Crippen LogP contribution is -2.60. The molecule has 176 valence electrons. The van der Waals surface area contributed by atoms with Gasteiger partial charge >= 0.3 is 0 Å². The molecule has 3 aromatic rings. The molecule has 0 unspecified atom stereocenters. The van der Waals surface area contributed by atoms with Crippen molar-refractivity contribution in [3.63, 3.8) is 0 Å². The van der Waals surface area contributed by atoms with E-state index in [9.17, 15) is 45.6 Å². The zero-order valence-electron chi connectivity index (χ0n) is 16.7. The minimum absolute atomic E-state index is 0.0213. The van der Waals surface area contributed by atoms with Gasteiger partial charge in [-0.1, -0.05) is 0 Å². The van der Waals surface area contributed by atoms with E-state index in [1.807, 2.05) is 0 Å². The van der Waals surface area contributed by atoms with Crippen LogP contribution in [0.15, 0.2) is 39.5 Å². The molecule has 1 fully saturated rings. The van der Waals surface area contributed by atoms with E-state index in [-0.39, 0.29) is 33.8 Å². The molecular weight excluding hydrogens is 444 g/mol. The molecule has 4 rings (SSSR count). The highest BCUT2D eigenvalue weighted by Gasteiger charge is 2.45. The van der Waals surface area contributed by atoms with Gasteiger partial charge in [0, 0.05) is 17.7 Å². The van der Waals surface area contributed by atoms with Gasteiger partial charge in [-0.2, -0.15) is 0 Å². The fraction of sp³-hybridized carbons (Fsp3) is 0.286. The second kappa shape index (κ2) is 8.42. The third kappa shape index (κ3) is 3.90. The van der Waals surface area contributed by atoms with Crippen LogP contribution in [0.25, 0.3) is 22.3 Å². The molecule has 12 heteroatoms. The van der Waals surface area contributed by atoms with Crippen LogP contribution in [0, 0.1) is 0 Å². The maximum Gasteiger partial charge on any atom is 0.238 e. The number of aromatic hydroxyl groups is 4. The average Bonchev–Trinajstić information content (AvgIpc) is 2.77. The summed E-state index contributed by atoms with van der Waals surface area (Å²) in [5.74, 6) is -2.97. The van der Waals surface area contributed by atoms with Gasteiger partial charge in [0.1, 0.15) is 46.9 Å². The first-order chi connectivity index (χ1) is 15.6. The quantitative estimate of drug-likeness (QED) is 0.245. The van der Waals surface area contributed by atoms with Gasteiger partial charge < -0.3 is 54.7 Å². The van der Waals surface area contributed by atoms with Gasteiger partial charge in [0.25, 0.3) is 0 Å². The molecule has 0 spiro atoms. The number of phenols is 3. The van der Waals surface area contributed by atoms with Crippen molar-refractivity contribution in [1.82, 2.24) is 0 Å². The minimum atomic E-state index is -1.70. The van der Waals surface area contributed by atoms with Crippen molar-refractivity contribution in [2.24, 2.45) is 0 Å². The van der Waals surface area contributed by atoms with Crippen LogP contribution in [0.5, 0.6) is 28.7 Å². The number of benzene rings is 2. The zero-order chi connectivity index (χ0) is 24.0. The Kier molecular flexibility index (Phi) is 5.78. The number of rotatable bonds is 4. The number of ether oxygens (including phenoxy) is 2. The minimum Gasteiger partial charge on any atom is -0.508 e. The summed E-state index contributed by atoms with van der Waals surface area (Å²) in [6.45, 7) is -0.666. The Morgan fingerprint density at radius 1 is 0.909 bits per heavy atom. The topological polar surface area (TPSA) is 211 Å². The first kappa shape index (κ1) is 22.6. The van der Waals surface area contributed by atoms with Gasteiger partial charge in [-0.05, 0) is 18.2 Å². The van der Waals surface area contributed by atoms with Gasteiger partial charge in [0.2, 0.25) is 17.5 Å². The summed E-state index contributed by atoms with van der Waals surface area (Å²) in [6, 6.07) is 5.51. The maximum absolute atomic E-state index is 12.5. The molecule has 12 nitrogen and oxygen atoms in total. The smallest absolute Gasteiger partial charge is 0.238 e. The van der Waals surface area contributed by atoms with E-state index in [1.165, 1.54) is 12.1 Å². The lowest BCUT2D eigenvalue weighted by molar-refractivity contribution is -0.277. The SMILES string of the molecule is O=c1c(O)c(-c2ccc(O[C@H]3O[C@H](CO)[C@@H](O)[C@H](O)[C@H]3O)c(O)c2)oc2cc(O)cc(O)c12. The average molecular weight is 464 g/mol. The molecule has 2 aromatic carbocycles. The zero-order valence-corrected chi connectivity index (χ0v) is 16.7. The monoisotopic (exact) mass is 464 g/mol. The third-order valence-electron chi connectivity index (χ3n) is 5.25. The van der Waals surface area contributed by atoms with Crippen LogP contribution in [0.4, 0.5) is 0 Å². The van der Waals surface area contributed by atoms with E-state index in [1.54, 1.807) is 0 Å². The molecule has 5 atom stereocenters. The van der Waals surface area contributed by atoms with E-state index in [0.29, 0.717) is 0 Å². The van der Waals surface area contributed by atoms with E-state index in [4.69, 9.17) is 13.9 Å². The van der Waals surface area contributed by atoms with Crippen LogP contribution in [0.2, 0.25) is 0 Å². The van der Waals surface area contributed by atoms with Crippen LogP contribution < -0.4 is 10.2 Å². The lowest BCUT2D eigenvalue weighted by Gasteiger charge is -2.39. The molecule has 0 radical (unpaired) electrons. The Morgan fingerprint density at radius 3 is 2.30 bits per heavy atom. The summed E-state index contributed by atoms with van der Waals surface area (Å²) in [4.78, 5) is 12.5. The van der Waals surface area contributed by atoms with Gasteiger partial charge in [0.05, 0.1) is 6.61 Å². The summed E-state index contributed by atoms with van der Waals surface area (Å²) < 4.78 is 16.1. The standard InChI is InChI=1S/C21H20O12/c22-6-13-15(26)17(28)19(30)21(33-13)32-11-2-1-7(3-9(11)24)20-18(29)16(27)14-10(25)4-8(23)5-12(14)31-20/h1-5,13,15,17,19,21-26,28-30H,6H2/t13-,15-,17+,19-,21+/m1/s1. The number of phenolic OH excluding ortho intramolecular Hbond substituents is 3. The van der Waals surface area contributed by atoms with Crippen molar-refractivity contribution >= 4 is 11.0 Å². The molecule has 1 aromatic heterocycles. The number of hydrogen-bond acceptors (Lipinski definition) is 12. The van der Waals surface area contributed by atoms with Gasteiger partial charge in [-0.25, -0.2) is 0 Å². The summed E-state index contributed by atoms with van der Waals surface area (Å²) >= 11 is 0. The lowest BCUT2D eigenvalue weighted by atomic mass is 9.99. The Hall–Kier alpha value is -3.55. The van der Waals surface area contributed by atoms with E-state index in [0.717, 1.165) is 18.2 Å². The van der Waals surface area contributed by atoms with Gasteiger partial charge in [-0.3, -0.25) is 4.79 Å². The van der Waals surface area contributed by atoms with Crippen LogP contribution >= 0.6 is 0 Å². The molecule has 2 heterocycles. The molecule has 0 bridgehead atoms. The van der Waals surface area contributed by atoms with Crippen molar-refractivity contribution in [3.05, 3.63) is 40.6 Å². The summed E-state index contributed by atoms with van der Waals surface area (Å²) in [5, 5.41) is 78.8. The molecule has 1 aliphatic rings. The van der Waals surface area contributed by atoms with Crippen LogP contribution in [-0.2, 0) is 4.74 Å². The van der Waals surface area contributed by atoms with Crippen LogP contribution in [0.3, 0.4) is 0 Å². The molecule has 0 aliphatic carbocycles. The normalized spacial score (nSPS) is 25.3. The van der Waals surface area contributed by atoms with Gasteiger partial charge in [0.15, 0.2) is 17.3 Å².